The number of nitrogens with zero attached hydrogens (tertiary/aromatic N) is 2. The predicted octanol–water partition coefficient (Wildman–Crippen LogP) is 2.17. The Labute approximate surface area is 125 Å². The Morgan fingerprint density at radius 1 is 1.38 bits per heavy atom. The third-order valence-electron chi connectivity index (χ3n) is 4.55. The number of hydrogen-bond donors (Lipinski definition) is 1. The third-order valence-corrected chi connectivity index (χ3v) is 4.55. The van der Waals surface area contributed by atoms with Gasteiger partial charge in [-0.3, -0.25) is 0 Å². The molecule has 6 heteroatoms. The van der Waals surface area contributed by atoms with E-state index in [0.717, 1.165) is 44.7 Å². The Kier molecular flexibility index (Phi) is 4.57. The van der Waals surface area contributed by atoms with Gasteiger partial charge < -0.3 is 19.3 Å². The van der Waals surface area contributed by atoms with Gasteiger partial charge in [0.2, 0.25) is 5.82 Å². The van der Waals surface area contributed by atoms with E-state index in [9.17, 15) is 0 Å². The van der Waals surface area contributed by atoms with Crippen LogP contribution in [-0.4, -0.2) is 36.4 Å². The van der Waals surface area contributed by atoms with Crippen LogP contribution < -0.4 is 5.32 Å². The van der Waals surface area contributed by atoms with Crippen LogP contribution in [0.4, 0.5) is 0 Å². The number of morpholine rings is 1. The highest BCUT2D eigenvalue weighted by molar-refractivity contribution is 5.05. The molecule has 118 valence electrons. The van der Waals surface area contributed by atoms with Gasteiger partial charge in [-0.05, 0) is 38.5 Å². The maximum Gasteiger partial charge on any atom is 0.257 e. The van der Waals surface area contributed by atoms with Crippen molar-refractivity contribution in [2.45, 2.75) is 51.2 Å². The van der Waals surface area contributed by atoms with Crippen LogP contribution in [-0.2, 0) is 15.1 Å². The van der Waals surface area contributed by atoms with Gasteiger partial charge in [0.25, 0.3) is 5.89 Å². The van der Waals surface area contributed by atoms with Crippen molar-refractivity contribution < 1.29 is 14.0 Å². The fourth-order valence-electron chi connectivity index (χ4n) is 3.21. The average molecular weight is 295 g/mol. The second-order valence-electron chi connectivity index (χ2n) is 6.13. The zero-order valence-electron chi connectivity index (χ0n) is 12.9. The first kappa shape index (κ1) is 14.9. The van der Waals surface area contributed by atoms with Crippen molar-refractivity contribution in [3.05, 3.63) is 11.7 Å². The molecule has 0 bridgehead atoms. The van der Waals surface area contributed by atoms with Gasteiger partial charge >= 0.3 is 0 Å². The second kappa shape index (κ2) is 6.42. The highest BCUT2D eigenvalue weighted by Crippen LogP contribution is 2.41. The van der Waals surface area contributed by atoms with Crippen molar-refractivity contribution in [1.29, 1.82) is 0 Å². The number of ether oxygens (including phenoxy) is 2. The highest BCUT2D eigenvalue weighted by atomic mass is 16.5. The van der Waals surface area contributed by atoms with Crippen LogP contribution in [0.1, 0.15) is 57.3 Å². The Morgan fingerprint density at radius 2 is 2.19 bits per heavy atom. The summed E-state index contributed by atoms with van der Waals surface area (Å²) in [5.74, 6) is 2.01. The van der Waals surface area contributed by atoms with Gasteiger partial charge in [0.15, 0.2) is 0 Å². The zero-order valence-corrected chi connectivity index (χ0v) is 12.9. The molecule has 1 atom stereocenters. The molecule has 0 amide bonds. The summed E-state index contributed by atoms with van der Waals surface area (Å²) in [6.45, 7) is 7.25. The molecule has 1 aromatic heterocycles. The molecule has 2 heterocycles. The number of aromatic nitrogens is 2. The van der Waals surface area contributed by atoms with Gasteiger partial charge in [-0.25, -0.2) is 0 Å². The Balaban J connectivity index is 1.78. The largest absolute Gasteiger partial charge is 0.367 e. The molecule has 21 heavy (non-hydrogen) atoms. The summed E-state index contributed by atoms with van der Waals surface area (Å²) in [7, 11) is 0. The van der Waals surface area contributed by atoms with E-state index in [1.165, 1.54) is 0 Å². The maximum absolute atomic E-state index is 6.06. The molecule has 1 unspecified atom stereocenters. The van der Waals surface area contributed by atoms with E-state index in [-0.39, 0.29) is 11.7 Å². The predicted molar refractivity (Wildman–Crippen MR) is 76.8 cm³/mol. The smallest absolute Gasteiger partial charge is 0.257 e. The van der Waals surface area contributed by atoms with Crippen LogP contribution in [0.25, 0.3) is 0 Å². The minimum Gasteiger partial charge on any atom is -0.367 e. The second-order valence-corrected chi connectivity index (χ2v) is 6.13. The number of rotatable bonds is 4. The van der Waals surface area contributed by atoms with Crippen LogP contribution in [0.5, 0.6) is 0 Å². The zero-order chi connectivity index (χ0) is 14.7. The lowest BCUT2D eigenvalue weighted by Crippen LogP contribution is -2.36. The molecule has 1 saturated carbocycles. The number of hydrogen-bond acceptors (Lipinski definition) is 6. The lowest BCUT2D eigenvalue weighted by Gasteiger charge is -2.36. The molecular weight excluding hydrogens is 270 g/mol. The summed E-state index contributed by atoms with van der Waals surface area (Å²) in [6.07, 6.45) is 4.08. The molecule has 1 aliphatic heterocycles. The van der Waals surface area contributed by atoms with E-state index >= 15 is 0 Å². The van der Waals surface area contributed by atoms with Crippen LogP contribution in [0.15, 0.2) is 4.52 Å². The molecule has 0 aromatic carbocycles. The van der Waals surface area contributed by atoms with Gasteiger partial charge in [-0.1, -0.05) is 12.1 Å². The average Bonchev–Trinajstić information content (AvgIpc) is 3.01. The van der Waals surface area contributed by atoms with Crippen LogP contribution in [0.3, 0.4) is 0 Å². The van der Waals surface area contributed by atoms with Gasteiger partial charge in [0, 0.05) is 19.7 Å². The summed E-state index contributed by atoms with van der Waals surface area (Å²) in [4.78, 5) is 4.61. The maximum atomic E-state index is 6.06. The summed E-state index contributed by atoms with van der Waals surface area (Å²) in [6, 6.07) is 0. The monoisotopic (exact) mass is 295 g/mol. The van der Waals surface area contributed by atoms with Gasteiger partial charge in [0.1, 0.15) is 11.7 Å². The van der Waals surface area contributed by atoms with E-state index in [1.54, 1.807) is 0 Å². The number of nitrogens with one attached hydrogen (secondary N) is 1. The summed E-state index contributed by atoms with van der Waals surface area (Å²) < 4.78 is 17.2. The molecular formula is C15H25N3O3. The topological polar surface area (TPSA) is 69.4 Å². The fraction of sp³-hybridized carbons (Fsp3) is 0.867. The van der Waals surface area contributed by atoms with E-state index in [2.05, 4.69) is 22.4 Å². The summed E-state index contributed by atoms with van der Waals surface area (Å²) in [5, 5.41) is 7.49. The molecule has 6 nitrogen and oxygen atoms in total. The third kappa shape index (κ3) is 3.12. The van der Waals surface area contributed by atoms with Gasteiger partial charge in [-0.15, -0.1) is 0 Å². The standard InChI is InChI=1S/C15H25N3O3/c1-3-20-15(6-4-11(2)5-7-15)14-17-13(21-18-14)12-10-16-8-9-19-12/h11-12,16H,3-10H2,1-2H3. The Hall–Kier alpha value is -0.980. The molecule has 1 N–H and O–H groups in total. The quantitative estimate of drug-likeness (QED) is 0.918. The van der Waals surface area contributed by atoms with Crippen LogP contribution in [0, 0.1) is 5.92 Å². The molecule has 2 fully saturated rings. The molecule has 1 saturated heterocycles. The van der Waals surface area contributed by atoms with Crippen molar-refractivity contribution in [3.8, 4) is 0 Å². The molecule has 1 aliphatic carbocycles. The van der Waals surface area contributed by atoms with E-state index in [0.29, 0.717) is 24.9 Å². The van der Waals surface area contributed by atoms with Crippen molar-refractivity contribution in [1.82, 2.24) is 15.5 Å². The summed E-state index contributed by atoms with van der Waals surface area (Å²) >= 11 is 0. The normalized spacial score (nSPS) is 34.0. The minimum atomic E-state index is -0.370. The van der Waals surface area contributed by atoms with E-state index < -0.39 is 0 Å². The fourth-order valence-corrected chi connectivity index (χ4v) is 3.21. The van der Waals surface area contributed by atoms with Crippen molar-refractivity contribution >= 4 is 0 Å². The van der Waals surface area contributed by atoms with Crippen molar-refractivity contribution in [2.24, 2.45) is 5.92 Å². The lowest BCUT2D eigenvalue weighted by molar-refractivity contribution is -0.0847. The van der Waals surface area contributed by atoms with E-state index in [1.807, 2.05) is 6.92 Å². The molecule has 2 aliphatic rings. The van der Waals surface area contributed by atoms with Crippen LogP contribution in [0.2, 0.25) is 0 Å². The Bertz CT molecular complexity index is 449. The van der Waals surface area contributed by atoms with E-state index in [4.69, 9.17) is 14.0 Å². The molecule has 0 radical (unpaired) electrons. The minimum absolute atomic E-state index is 0.138. The summed E-state index contributed by atoms with van der Waals surface area (Å²) in [5.41, 5.74) is -0.370. The Morgan fingerprint density at radius 3 is 2.86 bits per heavy atom. The molecule has 3 rings (SSSR count). The molecule has 1 aromatic rings. The van der Waals surface area contributed by atoms with Gasteiger partial charge in [0.05, 0.1) is 6.61 Å². The van der Waals surface area contributed by atoms with Crippen LogP contribution >= 0.6 is 0 Å². The first-order chi connectivity index (χ1) is 10.2. The lowest BCUT2D eigenvalue weighted by atomic mass is 9.79. The first-order valence-corrected chi connectivity index (χ1v) is 8.04. The van der Waals surface area contributed by atoms with Crippen molar-refractivity contribution in [2.75, 3.05) is 26.3 Å². The highest BCUT2D eigenvalue weighted by Gasteiger charge is 2.41. The van der Waals surface area contributed by atoms with Crippen molar-refractivity contribution in [3.63, 3.8) is 0 Å². The first-order valence-electron chi connectivity index (χ1n) is 8.04. The molecule has 0 spiro atoms. The van der Waals surface area contributed by atoms with Gasteiger partial charge in [-0.2, -0.15) is 4.98 Å². The SMILES string of the molecule is CCOC1(c2noc(C3CNCCO3)n2)CCC(C)CC1.